The van der Waals surface area contributed by atoms with Crippen LogP contribution in [0, 0.1) is 0 Å². The molecule has 0 aromatic carbocycles. The third-order valence-corrected chi connectivity index (χ3v) is 3.24. The van der Waals surface area contributed by atoms with Gasteiger partial charge in [0.1, 0.15) is 12.2 Å². The minimum absolute atomic E-state index is 0.268. The molecule has 0 amide bonds. The summed E-state index contributed by atoms with van der Waals surface area (Å²) in [5, 5.41) is 11.7. The lowest BCUT2D eigenvalue weighted by Gasteiger charge is -2.32. The summed E-state index contributed by atoms with van der Waals surface area (Å²) in [6.07, 6.45) is 4.28. The smallest absolute Gasteiger partial charge is 0.149 e. The summed E-state index contributed by atoms with van der Waals surface area (Å²) in [7, 11) is 4.17. The third kappa shape index (κ3) is 2.59. The average Bonchev–Trinajstić information content (AvgIpc) is 2.64. The predicted molar refractivity (Wildman–Crippen MR) is 63.1 cm³/mol. The third-order valence-electron chi connectivity index (χ3n) is 3.24. The molecule has 5 heteroatoms. The van der Waals surface area contributed by atoms with Crippen LogP contribution in [0.5, 0.6) is 0 Å². The van der Waals surface area contributed by atoms with Crippen molar-refractivity contribution in [3.8, 4) is 0 Å². The van der Waals surface area contributed by atoms with Crippen LogP contribution < -0.4 is 5.32 Å². The van der Waals surface area contributed by atoms with E-state index in [1.807, 2.05) is 11.6 Å². The van der Waals surface area contributed by atoms with Crippen molar-refractivity contribution >= 4 is 0 Å². The van der Waals surface area contributed by atoms with Crippen LogP contribution in [0.4, 0.5) is 0 Å². The number of piperidine rings is 1. The van der Waals surface area contributed by atoms with Crippen molar-refractivity contribution in [3.05, 3.63) is 12.2 Å². The Balaban J connectivity index is 1.92. The molecule has 0 radical (unpaired) electrons. The molecule has 2 heterocycles. The molecule has 2 rings (SSSR count). The SMILES string of the molecule is CC(NC1CCCN(C)C1)c1nncn1C. The largest absolute Gasteiger partial charge is 0.319 e. The number of rotatable bonds is 3. The van der Waals surface area contributed by atoms with Gasteiger partial charge in [0.25, 0.3) is 0 Å². The lowest BCUT2D eigenvalue weighted by molar-refractivity contribution is 0.216. The highest BCUT2D eigenvalue weighted by atomic mass is 15.3. The lowest BCUT2D eigenvalue weighted by Crippen LogP contribution is -2.45. The molecule has 5 nitrogen and oxygen atoms in total. The zero-order chi connectivity index (χ0) is 11.5. The van der Waals surface area contributed by atoms with Crippen LogP contribution in [-0.2, 0) is 7.05 Å². The van der Waals surface area contributed by atoms with Gasteiger partial charge in [-0.3, -0.25) is 0 Å². The van der Waals surface area contributed by atoms with Crippen LogP contribution in [0.15, 0.2) is 6.33 Å². The minimum Gasteiger partial charge on any atom is -0.319 e. The van der Waals surface area contributed by atoms with Gasteiger partial charge < -0.3 is 14.8 Å². The van der Waals surface area contributed by atoms with E-state index in [0.717, 1.165) is 12.4 Å². The van der Waals surface area contributed by atoms with E-state index >= 15 is 0 Å². The number of likely N-dealkylation sites (tertiary alicyclic amines) is 1. The van der Waals surface area contributed by atoms with E-state index in [0.29, 0.717) is 6.04 Å². The Labute approximate surface area is 96.8 Å². The second-order valence-electron chi connectivity index (χ2n) is 4.79. The average molecular weight is 223 g/mol. The fraction of sp³-hybridized carbons (Fsp3) is 0.818. The van der Waals surface area contributed by atoms with Gasteiger partial charge in [0, 0.05) is 19.6 Å². The molecule has 0 spiro atoms. The van der Waals surface area contributed by atoms with Gasteiger partial charge >= 0.3 is 0 Å². The number of nitrogens with zero attached hydrogens (tertiary/aromatic N) is 4. The highest BCUT2D eigenvalue weighted by molar-refractivity contribution is 4.94. The Kier molecular flexibility index (Phi) is 3.56. The summed E-state index contributed by atoms with van der Waals surface area (Å²) >= 11 is 0. The highest BCUT2D eigenvalue weighted by Gasteiger charge is 2.20. The fourth-order valence-corrected chi connectivity index (χ4v) is 2.41. The summed E-state index contributed by atoms with van der Waals surface area (Å²) in [4.78, 5) is 2.38. The van der Waals surface area contributed by atoms with Gasteiger partial charge in [-0.15, -0.1) is 10.2 Å². The normalized spacial score (nSPS) is 24.6. The molecular weight excluding hydrogens is 202 g/mol. The van der Waals surface area contributed by atoms with Crippen molar-refractivity contribution in [2.45, 2.75) is 31.8 Å². The molecule has 1 N–H and O–H groups in total. The molecule has 1 saturated heterocycles. The zero-order valence-corrected chi connectivity index (χ0v) is 10.3. The van der Waals surface area contributed by atoms with Crippen molar-refractivity contribution in [1.29, 1.82) is 0 Å². The quantitative estimate of drug-likeness (QED) is 0.813. The minimum atomic E-state index is 0.268. The Morgan fingerprint density at radius 1 is 1.50 bits per heavy atom. The van der Waals surface area contributed by atoms with Gasteiger partial charge in [0.2, 0.25) is 0 Å². The molecule has 0 aliphatic carbocycles. The maximum atomic E-state index is 4.14. The Morgan fingerprint density at radius 2 is 2.31 bits per heavy atom. The molecule has 2 atom stereocenters. The van der Waals surface area contributed by atoms with Gasteiger partial charge in [-0.25, -0.2) is 0 Å². The van der Waals surface area contributed by atoms with Crippen LogP contribution in [0.25, 0.3) is 0 Å². The summed E-state index contributed by atoms with van der Waals surface area (Å²) in [6, 6.07) is 0.842. The molecule has 2 unspecified atom stereocenters. The maximum absolute atomic E-state index is 4.14. The van der Waals surface area contributed by atoms with Crippen LogP contribution in [0.3, 0.4) is 0 Å². The summed E-state index contributed by atoms with van der Waals surface area (Å²) < 4.78 is 1.98. The monoisotopic (exact) mass is 223 g/mol. The number of nitrogens with one attached hydrogen (secondary N) is 1. The first-order valence-corrected chi connectivity index (χ1v) is 5.95. The second-order valence-corrected chi connectivity index (χ2v) is 4.79. The van der Waals surface area contributed by atoms with E-state index in [1.165, 1.54) is 19.4 Å². The fourth-order valence-electron chi connectivity index (χ4n) is 2.41. The van der Waals surface area contributed by atoms with E-state index in [1.54, 1.807) is 6.33 Å². The summed E-state index contributed by atoms with van der Waals surface area (Å²) in [5.41, 5.74) is 0. The molecule has 1 aromatic rings. The Morgan fingerprint density at radius 3 is 2.94 bits per heavy atom. The number of aromatic nitrogens is 3. The number of hydrogen-bond donors (Lipinski definition) is 1. The van der Waals surface area contributed by atoms with Crippen molar-refractivity contribution in [3.63, 3.8) is 0 Å². The molecule has 1 aliphatic heterocycles. The number of aryl methyl sites for hydroxylation is 1. The topological polar surface area (TPSA) is 46.0 Å². The lowest BCUT2D eigenvalue weighted by atomic mass is 10.1. The zero-order valence-electron chi connectivity index (χ0n) is 10.3. The van der Waals surface area contributed by atoms with Crippen LogP contribution >= 0.6 is 0 Å². The molecule has 16 heavy (non-hydrogen) atoms. The van der Waals surface area contributed by atoms with Gasteiger partial charge in [-0.1, -0.05) is 0 Å². The first-order valence-electron chi connectivity index (χ1n) is 5.95. The summed E-state index contributed by atoms with van der Waals surface area (Å²) in [5.74, 6) is 1.01. The standard InChI is InChI=1S/C11H21N5/c1-9(11-14-12-8-16(11)3)13-10-5-4-6-15(2)7-10/h8-10,13H,4-7H2,1-3H3. The van der Waals surface area contributed by atoms with Crippen molar-refractivity contribution in [2.24, 2.45) is 7.05 Å². The molecule has 1 aromatic heterocycles. The van der Waals surface area contributed by atoms with E-state index < -0.39 is 0 Å². The van der Waals surface area contributed by atoms with E-state index in [-0.39, 0.29) is 6.04 Å². The number of hydrogen-bond acceptors (Lipinski definition) is 4. The Bertz CT molecular complexity index is 335. The highest BCUT2D eigenvalue weighted by Crippen LogP contribution is 2.14. The van der Waals surface area contributed by atoms with Gasteiger partial charge in [0.15, 0.2) is 0 Å². The van der Waals surface area contributed by atoms with E-state index in [4.69, 9.17) is 0 Å². The summed E-state index contributed by atoms with van der Waals surface area (Å²) in [6.45, 7) is 4.50. The van der Waals surface area contributed by atoms with Gasteiger partial charge in [-0.05, 0) is 33.4 Å². The van der Waals surface area contributed by atoms with Crippen LogP contribution in [-0.4, -0.2) is 45.8 Å². The molecule has 1 aliphatic rings. The molecule has 0 saturated carbocycles. The molecule has 90 valence electrons. The van der Waals surface area contributed by atoms with Crippen LogP contribution in [0.2, 0.25) is 0 Å². The molecular formula is C11H21N5. The first kappa shape index (κ1) is 11.5. The molecule has 1 fully saturated rings. The van der Waals surface area contributed by atoms with Gasteiger partial charge in [-0.2, -0.15) is 0 Å². The van der Waals surface area contributed by atoms with Crippen molar-refractivity contribution in [2.75, 3.05) is 20.1 Å². The number of likely N-dealkylation sites (N-methyl/N-ethyl adjacent to an activating group) is 1. The van der Waals surface area contributed by atoms with Crippen LogP contribution in [0.1, 0.15) is 31.6 Å². The predicted octanol–water partition coefficient (Wildman–Crippen LogP) is 0.560. The van der Waals surface area contributed by atoms with Crippen molar-refractivity contribution in [1.82, 2.24) is 25.0 Å². The van der Waals surface area contributed by atoms with E-state index in [2.05, 4.69) is 34.4 Å². The van der Waals surface area contributed by atoms with E-state index in [9.17, 15) is 0 Å². The molecule has 0 bridgehead atoms. The van der Waals surface area contributed by atoms with Crippen molar-refractivity contribution < 1.29 is 0 Å². The maximum Gasteiger partial charge on any atom is 0.149 e. The second kappa shape index (κ2) is 4.93. The Hall–Kier alpha value is -0.940. The van der Waals surface area contributed by atoms with Gasteiger partial charge in [0.05, 0.1) is 6.04 Å². The first-order chi connectivity index (χ1) is 7.66.